The Morgan fingerprint density at radius 2 is 1.93 bits per heavy atom. The van der Waals surface area contributed by atoms with Gasteiger partial charge in [0.25, 0.3) is 0 Å². The van der Waals surface area contributed by atoms with Gasteiger partial charge in [-0.2, -0.15) is 0 Å². The standard InChI is InChI=1S/C11H15Br2N/c1-3-7(2)11(14)8-4-5-9(12)10(13)6-8/h4-7,11H,3,14H2,1-2H3/t7?,11-/m1/s1. The van der Waals surface area contributed by atoms with Crippen LogP contribution in [0.5, 0.6) is 0 Å². The summed E-state index contributed by atoms with van der Waals surface area (Å²) in [6.45, 7) is 4.35. The first-order valence-electron chi connectivity index (χ1n) is 4.76. The van der Waals surface area contributed by atoms with Crippen molar-refractivity contribution in [3.63, 3.8) is 0 Å². The molecule has 0 aliphatic carbocycles. The third kappa shape index (κ3) is 2.81. The second kappa shape index (κ2) is 5.29. The topological polar surface area (TPSA) is 26.0 Å². The van der Waals surface area contributed by atoms with Gasteiger partial charge in [-0.1, -0.05) is 26.3 Å². The minimum atomic E-state index is 0.129. The van der Waals surface area contributed by atoms with Crippen LogP contribution in [0.3, 0.4) is 0 Å². The molecule has 0 bridgehead atoms. The molecule has 0 aliphatic rings. The minimum absolute atomic E-state index is 0.129. The number of halogens is 2. The van der Waals surface area contributed by atoms with E-state index in [0.717, 1.165) is 15.4 Å². The van der Waals surface area contributed by atoms with Crippen LogP contribution in [-0.4, -0.2) is 0 Å². The summed E-state index contributed by atoms with van der Waals surface area (Å²) in [6, 6.07) is 6.32. The zero-order valence-electron chi connectivity index (χ0n) is 8.43. The van der Waals surface area contributed by atoms with Gasteiger partial charge in [-0.15, -0.1) is 0 Å². The Hall–Kier alpha value is 0.140. The van der Waals surface area contributed by atoms with E-state index in [1.165, 1.54) is 5.56 Å². The van der Waals surface area contributed by atoms with Crippen molar-refractivity contribution in [2.24, 2.45) is 11.7 Å². The molecule has 0 spiro atoms. The van der Waals surface area contributed by atoms with E-state index < -0.39 is 0 Å². The van der Waals surface area contributed by atoms with Crippen LogP contribution >= 0.6 is 31.9 Å². The van der Waals surface area contributed by atoms with Gasteiger partial charge in [0.15, 0.2) is 0 Å². The molecule has 0 aliphatic heterocycles. The maximum Gasteiger partial charge on any atom is 0.0321 e. The van der Waals surface area contributed by atoms with Gasteiger partial charge in [-0.25, -0.2) is 0 Å². The van der Waals surface area contributed by atoms with Crippen molar-refractivity contribution in [2.45, 2.75) is 26.3 Å². The Morgan fingerprint density at radius 3 is 2.43 bits per heavy atom. The highest BCUT2D eigenvalue weighted by molar-refractivity contribution is 9.13. The van der Waals surface area contributed by atoms with E-state index in [2.05, 4.69) is 57.8 Å². The highest BCUT2D eigenvalue weighted by Gasteiger charge is 2.13. The van der Waals surface area contributed by atoms with E-state index in [9.17, 15) is 0 Å². The Bertz CT molecular complexity index is 312. The molecule has 1 rings (SSSR count). The van der Waals surface area contributed by atoms with E-state index in [1.807, 2.05) is 6.07 Å². The summed E-state index contributed by atoms with van der Waals surface area (Å²) in [5.41, 5.74) is 7.32. The summed E-state index contributed by atoms with van der Waals surface area (Å²) in [7, 11) is 0. The maximum absolute atomic E-state index is 6.13. The minimum Gasteiger partial charge on any atom is -0.324 e. The van der Waals surface area contributed by atoms with Gasteiger partial charge in [0.05, 0.1) is 0 Å². The molecule has 0 aromatic heterocycles. The van der Waals surface area contributed by atoms with Crippen molar-refractivity contribution in [1.82, 2.24) is 0 Å². The smallest absolute Gasteiger partial charge is 0.0321 e. The van der Waals surface area contributed by atoms with Crippen LogP contribution in [0.4, 0.5) is 0 Å². The second-order valence-electron chi connectivity index (χ2n) is 3.58. The molecule has 0 saturated carbocycles. The van der Waals surface area contributed by atoms with E-state index in [0.29, 0.717) is 5.92 Å². The van der Waals surface area contributed by atoms with Crippen molar-refractivity contribution < 1.29 is 0 Å². The maximum atomic E-state index is 6.13. The van der Waals surface area contributed by atoms with Crippen LogP contribution in [-0.2, 0) is 0 Å². The lowest BCUT2D eigenvalue weighted by molar-refractivity contribution is 0.456. The first-order valence-corrected chi connectivity index (χ1v) is 6.35. The van der Waals surface area contributed by atoms with Crippen molar-refractivity contribution >= 4 is 31.9 Å². The van der Waals surface area contributed by atoms with E-state index in [1.54, 1.807) is 0 Å². The average molecular weight is 321 g/mol. The number of rotatable bonds is 3. The Labute approximate surface area is 102 Å². The molecule has 1 nitrogen and oxygen atoms in total. The van der Waals surface area contributed by atoms with Crippen molar-refractivity contribution in [1.29, 1.82) is 0 Å². The molecule has 0 saturated heterocycles. The molecule has 3 heteroatoms. The van der Waals surface area contributed by atoms with E-state index >= 15 is 0 Å². The first-order chi connectivity index (χ1) is 6.56. The highest BCUT2D eigenvalue weighted by atomic mass is 79.9. The molecule has 2 N–H and O–H groups in total. The van der Waals surface area contributed by atoms with Crippen molar-refractivity contribution in [3.8, 4) is 0 Å². The van der Waals surface area contributed by atoms with E-state index in [-0.39, 0.29) is 6.04 Å². The summed E-state index contributed by atoms with van der Waals surface area (Å²) in [5.74, 6) is 0.517. The number of nitrogens with two attached hydrogens (primary N) is 1. The van der Waals surface area contributed by atoms with Gasteiger partial charge >= 0.3 is 0 Å². The average Bonchev–Trinajstić information content (AvgIpc) is 2.20. The lowest BCUT2D eigenvalue weighted by Crippen LogP contribution is -2.18. The van der Waals surface area contributed by atoms with Crippen LogP contribution in [0.1, 0.15) is 31.9 Å². The Balaban J connectivity index is 2.91. The summed E-state index contributed by atoms with van der Waals surface area (Å²) in [6.07, 6.45) is 1.11. The quantitative estimate of drug-likeness (QED) is 0.884. The van der Waals surface area contributed by atoms with Crippen LogP contribution < -0.4 is 5.73 Å². The van der Waals surface area contributed by atoms with Gasteiger partial charge in [0, 0.05) is 15.0 Å². The molecule has 0 amide bonds. The number of hydrogen-bond acceptors (Lipinski definition) is 1. The number of benzene rings is 1. The van der Waals surface area contributed by atoms with Gasteiger partial charge in [-0.05, 0) is 55.5 Å². The highest BCUT2D eigenvalue weighted by Crippen LogP contribution is 2.29. The molecule has 14 heavy (non-hydrogen) atoms. The predicted molar refractivity (Wildman–Crippen MR) is 68.2 cm³/mol. The zero-order valence-corrected chi connectivity index (χ0v) is 11.6. The molecule has 1 aromatic carbocycles. The van der Waals surface area contributed by atoms with Crippen molar-refractivity contribution in [3.05, 3.63) is 32.7 Å². The predicted octanol–water partition coefficient (Wildman–Crippen LogP) is 4.26. The van der Waals surface area contributed by atoms with Gasteiger partial charge in [0.1, 0.15) is 0 Å². The number of hydrogen-bond donors (Lipinski definition) is 1. The summed E-state index contributed by atoms with van der Waals surface area (Å²) >= 11 is 6.93. The molecule has 1 aromatic rings. The summed E-state index contributed by atoms with van der Waals surface area (Å²) in [5, 5.41) is 0. The first kappa shape index (κ1) is 12.2. The molecule has 0 heterocycles. The summed E-state index contributed by atoms with van der Waals surface area (Å²) in [4.78, 5) is 0. The molecule has 2 atom stereocenters. The lowest BCUT2D eigenvalue weighted by Gasteiger charge is -2.19. The molecule has 0 radical (unpaired) electrons. The third-order valence-corrected chi connectivity index (χ3v) is 4.47. The monoisotopic (exact) mass is 319 g/mol. The largest absolute Gasteiger partial charge is 0.324 e. The fraction of sp³-hybridized carbons (Fsp3) is 0.455. The summed E-state index contributed by atoms with van der Waals surface area (Å²) < 4.78 is 2.13. The van der Waals surface area contributed by atoms with E-state index in [4.69, 9.17) is 5.73 Å². The fourth-order valence-corrected chi connectivity index (χ4v) is 1.95. The van der Waals surface area contributed by atoms with Crippen LogP contribution in [0, 0.1) is 5.92 Å². The molecule has 0 fully saturated rings. The van der Waals surface area contributed by atoms with Crippen molar-refractivity contribution in [2.75, 3.05) is 0 Å². The SMILES string of the molecule is CCC(C)[C@@H](N)c1ccc(Br)c(Br)c1. The third-order valence-electron chi connectivity index (χ3n) is 2.59. The lowest BCUT2D eigenvalue weighted by atomic mass is 9.93. The van der Waals surface area contributed by atoms with Crippen LogP contribution in [0.15, 0.2) is 27.1 Å². The normalized spacial score (nSPS) is 15.2. The molecule has 1 unspecified atom stereocenters. The van der Waals surface area contributed by atoms with Gasteiger partial charge in [-0.3, -0.25) is 0 Å². The Morgan fingerprint density at radius 1 is 1.29 bits per heavy atom. The molecular formula is C11H15Br2N. The van der Waals surface area contributed by atoms with Gasteiger partial charge < -0.3 is 5.73 Å². The molecular weight excluding hydrogens is 306 g/mol. The Kier molecular flexibility index (Phi) is 4.61. The van der Waals surface area contributed by atoms with Crippen LogP contribution in [0.2, 0.25) is 0 Å². The van der Waals surface area contributed by atoms with Gasteiger partial charge in [0.2, 0.25) is 0 Å². The zero-order chi connectivity index (χ0) is 10.7. The fourth-order valence-electron chi connectivity index (χ4n) is 1.30. The van der Waals surface area contributed by atoms with Crippen LogP contribution in [0.25, 0.3) is 0 Å². The second-order valence-corrected chi connectivity index (χ2v) is 5.29. The molecule has 78 valence electrons.